The van der Waals surface area contributed by atoms with Crippen molar-refractivity contribution >= 4 is 11.9 Å². The van der Waals surface area contributed by atoms with Gasteiger partial charge in [-0.15, -0.1) is 6.58 Å². The zero-order valence-corrected chi connectivity index (χ0v) is 20.1. The van der Waals surface area contributed by atoms with Crippen LogP contribution in [0.25, 0.3) is 0 Å². The number of aromatic hydroxyl groups is 1. The monoisotopic (exact) mass is 462 g/mol. The number of phenols is 1. The molecule has 1 saturated carbocycles. The van der Waals surface area contributed by atoms with Crippen molar-refractivity contribution in [1.82, 2.24) is 9.80 Å². The van der Waals surface area contributed by atoms with E-state index in [0.29, 0.717) is 24.9 Å². The van der Waals surface area contributed by atoms with E-state index in [1.54, 1.807) is 12.1 Å². The third kappa shape index (κ3) is 4.34. The van der Waals surface area contributed by atoms with Crippen LogP contribution in [0.15, 0.2) is 67.3 Å². The van der Waals surface area contributed by atoms with Crippen molar-refractivity contribution in [3.05, 3.63) is 78.4 Å². The van der Waals surface area contributed by atoms with E-state index >= 15 is 0 Å². The number of piperidine rings is 1. The van der Waals surface area contributed by atoms with E-state index in [0.717, 1.165) is 31.5 Å². The van der Waals surface area contributed by atoms with Crippen LogP contribution >= 0.6 is 0 Å². The maximum atomic E-state index is 13.3. The van der Waals surface area contributed by atoms with Crippen LogP contribution in [0, 0.1) is 0 Å². The van der Waals surface area contributed by atoms with Crippen LogP contribution in [0.5, 0.6) is 5.75 Å². The highest BCUT2D eigenvalue weighted by Crippen LogP contribution is 2.54. The first kappa shape index (κ1) is 24.0. The van der Waals surface area contributed by atoms with Gasteiger partial charge in [-0.25, -0.2) is 0 Å². The lowest BCUT2D eigenvalue weighted by atomic mass is 9.55. The standard InChI is InChI=1S/C28H34N2O4/c1-4-16-30-17-15-27(23-11-8-12-25(32)18-23)19-24(13-14-28(27,20-30)34-21(2)31)29(3)26(33)22-9-6-5-7-10-22/h4-12,18,24,32H,1,13-17,19-20H2,2-3H3/t24-,27+,28+/m1/s1. The molecule has 0 spiro atoms. The molecule has 6 heteroatoms. The van der Waals surface area contributed by atoms with E-state index in [1.807, 2.05) is 60.5 Å². The zero-order chi connectivity index (χ0) is 24.3. The molecule has 2 aromatic rings. The number of carbonyl (C=O) groups excluding carboxylic acids is 2. The number of hydrogen-bond acceptors (Lipinski definition) is 5. The van der Waals surface area contributed by atoms with Gasteiger partial charge in [0.2, 0.25) is 0 Å². The summed E-state index contributed by atoms with van der Waals surface area (Å²) in [5.74, 6) is -0.133. The summed E-state index contributed by atoms with van der Waals surface area (Å²) in [4.78, 5) is 29.8. The van der Waals surface area contributed by atoms with Gasteiger partial charge < -0.3 is 14.7 Å². The Bertz CT molecular complexity index is 1060. The predicted molar refractivity (Wildman–Crippen MR) is 132 cm³/mol. The molecule has 1 heterocycles. The van der Waals surface area contributed by atoms with Crippen LogP contribution in [0.2, 0.25) is 0 Å². The van der Waals surface area contributed by atoms with Crippen molar-refractivity contribution in [2.24, 2.45) is 0 Å². The van der Waals surface area contributed by atoms with Crippen molar-refractivity contribution in [2.45, 2.75) is 49.7 Å². The molecule has 6 nitrogen and oxygen atoms in total. The van der Waals surface area contributed by atoms with Crippen molar-refractivity contribution in [1.29, 1.82) is 0 Å². The molecule has 0 aromatic heterocycles. The van der Waals surface area contributed by atoms with Crippen LogP contribution < -0.4 is 0 Å². The van der Waals surface area contributed by atoms with Crippen molar-refractivity contribution in [2.75, 3.05) is 26.7 Å². The quantitative estimate of drug-likeness (QED) is 0.516. The molecule has 1 aliphatic carbocycles. The van der Waals surface area contributed by atoms with E-state index in [9.17, 15) is 14.7 Å². The maximum absolute atomic E-state index is 13.3. The molecule has 34 heavy (non-hydrogen) atoms. The average Bonchev–Trinajstić information content (AvgIpc) is 2.83. The molecular formula is C28H34N2O4. The Morgan fingerprint density at radius 2 is 1.97 bits per heavy atom. The van der Waals surface area contributed by atoms with Crippen molar-refractivity contribution < 1.29 is 19.4 Å². The molecule has 1 N–H and O–H groups in total. The number of hydrogen-bond donors (Lipinski definition) is 1. The lowest BCUT2D eigenvalue weighted by Gasteiger charge is -2.60. The summed E-state index contributed by atoms with van der Waals surface area (Å²) >= 11 is 0. The molecule has 2 aliphatic rings. The average molecular weight is 463 g/mol. The second-order valence-electron chi connectivity index (χ2n) is 9.67. The fourth-order valence-electron chi connectivity index (χ4n) is 6.08. The summed E-state index contributed by atoms with van der Waals surface area (Å²) in [6, 6.07) is 16.6. The first-order chi connectivity index (χ1) is 16.3. The van der Waals surface area contributed by atoms with Crippen molar-refractivity contribution in [3.63, 3.8) is 0 Å². The highest BCUT2D eigenvalue weighted by Gasteiger charge is 2.61. The summed E-state index contributed by atoms with van der Waals surface area (Å²) in [5.41, 5.74) is 0.343. The highest BCUT2D eigenvalue weighted by atomic mass is 16.6. The molecule has 4 rings (SSSR count). The molecule has 180 valence electrons. The van der Waals surface area contributed by atoms with E-state index in [1.165, 1.54) is 6.92 Å². The van der Waals surface area contributed by atoms with Gasteiger partial charge in [-0.3, -0.25) is 14.5 Å². The molecule has 2 fully saturated rings. The van der Waals surface area contributed by atoms with E-state index in [-0.39, 0.29) is 23.7 Å². The Hall–Kier alpha value is -3.12. The van der Waals surface area contributed by atoms with Gasteiger partial charge in [-0.1, -0.05) is 36.4 Å². The number of fused-ring (bicyclic) bond motifs is 1. The third-order valence-electron chi connectivity index (χ3n) is 7.69. The minimum Gasteiger partial charge on any atom is -0.508 e. The maximum Gasteiger partial charge on any atom is 0.303 e. The molecule has 1 saturated heterocycles. The lowest BCUT2D eigenvalue weighted by Crippen LogP contribution is -2.68. The topological polar surface area (TPSA) is 70.1 Å². The summed E-state index contributed by atoms with van der Waals surface area (Å²) < 4.78 is 6.23. The van der Waals surface area contributed by atoms with Gasteiger partial charge in [0, 0.05) is 44.1 Å². The number of ether oxygens (including phenoxy) is 1. The van der Waals surface area contributed by atoms with E-state index < -0.39 is 11.0 Å². The van der Waals surface area contributed by atoms with Gasteiger partial charge in [-0.05, 0) is 62.1 Å². The SMILES string of the molecule is C=CCN1CC[C@@]2(c3cccc(O)c3)C[C@H](N(C)C(=O)c3ccccc3)CC[C@]2(OC(C)=O)C1. The normalized spacial score (nSPS) is 26.8. The molecule has 3 atom stereocenters. The number of likely N-dealkylation sites (tertiary alicyclic amines) is 1. The first-order valence-corrected chi connectivity index (χ1v) is 11.9. The molecule has 1 aliphatic heterocycles. The minimum absolute atomic E-state index is 0.0132. The van der Waals surface area contributed by atoms with E-state index in [2.05, 4.69) is 11.5 Å². The molecule has 1 amide bonds. The van der Waals surface area contributed by atoms with Crippen LogP contribution in [0.1, 0.15) is 48.5 Å². The third-order valence-corrected chi connectivity index (χ3v) is 7.69. The lowest BCUT2D eigenvalue weighted by molar-refractivity contribution is -0.188. The van der Waals surface area contributed by atoms with Crippen LogP contribution in [0.4, 0.5) is 0 Å². The molecule has 0 unspecified atom stereocenters. The summed E-state index contributed by atoms with van der Waals surface area (Å²) in [6.07, 6.45) is 4.64. The Kier molecular flexibility index (Phi) is 6.80. The van der Waals surface area contributed by atoms with E-state index in [4.69, 9.17) is 4.74 Å². The first-order valence-electron chi connectivity index (χ1n) is 11.9. The van der Waals surface area contributed by atoms with Crippen LogP contribution in [-0.2, 0) is 14.9 Å². The smallest absolute Gasteiger partial charge is 0.303 e. The largest absolute Gasteiger partial charge is 0.508 e. The number of phenolic OH excluding ortho intramolecular Hbond substituents is 1. The number of nitrogens with zero attached hydrogens (tertiary/aromatic N) is 2. The second kappa shape index (κ2) is 9.63. The molecule has 0 bridgehead atoms. The van der Waals surface area contributed by atoms with Crippen molar-refractivity contribution in [3.8, 4) is 5.75 Å². The fourth-order valence-corrected chi connectivity index (χ4v) is 6.08. The Balaban J connectivity index is 1.76. The highest BCUT2D eigenvalue weighted by molar-refractivity contribution is 5.94. The van der Waals surface area contributed by atoms with Gasteiger partial charge in [-0.2, -0.15) is 0 Å². The van der Waals surface area contributed by atoms with Gasteiger partial charge in [0.25, 0.3) is 5.91 Å². The summed E-state index contributed by atoms with van der Waals surface area (Å²) in [7, 11) is 1.86. The molecule has 2 aromatic carbocycles. The van der Waals surface area contributed by atoms with Crippen LogP contribution in [-0.4, -0.2) is 65.1 Å². The van der Waals surface area contributed by atoms with Gasteiger partial charge in [0.15, 0.2) is 0 Å². The molecule has 0 radical (unpaired) electrons. The Labute approximate surface area is 201 Å². The molecular weight excluding hydrogens is 428 g/mol. The summed E-state index contributed by atoms with van der Waals surface area (Å²) in [5, 5.41) is 10.3. The van der Waals surface area contributed by atoms with Gasteiger partial charge in [0.1, 0.15) is 11.4 Å². The number of benzene rings is 2. The minimum atomic E-state index is -0.749. The number of carbonyl (C=O) groups is 2. The fraction of sp³-hybridized carbons (Fsp3) is 0.429. The predicted octanol–water partition coefficient (Wildman–Crippen LogP) is 4.15. The number of amides is 1. The number of rotatable bonds is 6. The van der Waals surface area contributed by atoms with Gasteiger partial charge in [0.05, 0.1) is 0 Å². The summed E-state index contributed by atoms with van der Waals surface area (Å²) in [6.45, 7) is 7.48. The Morgan fingerprint density at radius 3 is 2.65 bits per heavy atom. The zero-order valence-electron chi connectivity index (χ0n) is 20.1. The number of esters is 1. The second-order valence-corrected chi connectivity index (χ2v) is 9.67. The Morgan fingerprint density at radius 1 is 1.21 bits per heavy atom. The van der Waals surface area contributed by atoms with Gasteiger partial charge >= 0.3 is 5.97 Å². The van der Waals surface area contributed by atoms with Crippen LogP contribution in [0.3, 0.4) is 0 Å².